The van der Waals surface area contributed by atoms with E-state index in [9.17, 15) is 0 Å². The topological polar surface area (TPSA) is 27.0 Å². The van der Waals surface area contributed by atoms with Crippen molar-refractivity contribution >= 4 is 24.0 Å². The van der Waals surface area contributed by atoms with Crippen LogP contribution in [0.25, 0.3) is 0 Å². The summed E-state index contributed by atoms with van der Waals surface area (Å²) >= 11 is 5.55. The van der Waals surface area contributed by atoms with Crippen molar-refractivity contribution in [2.75, 3.05) is 25.5 Å². The molecule has 0 aromatic rings. The summed E-state index contributed by atoms with van der Waals surface area (Å²) in [6.07, 6.45) is 1.02. The quantitative estimate of drug-likeness (QED) is 0.624. The van der Waals surface area contributed by atoms with Crippen LogP contribution in [0, 0.1) is 17.2 Å². The molecule has 0 aromatic heterocycles. The molecule has 2 nitrogen and oxygen atoms in total. The van der Waals surface area contributed by atoms with Gasteiger partial charge in [-0.05, 0) is 13.0 Å². The van der Waals surface area contributed by atoms with E-state index >= 15 is 0 Å². The van der Waals surface area contributed by atoms with Crippen LogP contribution in [0.4, 0.5) is 0 Å². The minimum Gasteiger partial charge on any atom is -0.301 e. The Hall–Kier alpha value is 0.0300. The standard InChI is InChI=1S/C7H11ClN2.ClH/c8-2-4-10-3-1-7(5-9)6-10;/h7H,1-4,6H2;1H. The summed E-state index contributed by atoms with van der Waals surface area (Å²) in [6, 6.07) is 2.27. The van der Waals surface area contributed by atoms with Crippen molar-refractivity contribution in [3.05, 3.63) is 0 Å². The van der Waals surface area contributed by atoms with E-state index < -0.39 is 0 Å². The number of halogens is 2. The maximum atomic E-state index is 8.54. The molecule has 0 aliphatic carbocycles. The van der Waals surface area contributed by atoms with E-state index in [2.05, 4.69) is 11.0 Å². The lowest BCUT2D eigenvalue weighted by Gasteiger charge is -2.10. The Morgan fingerprint density at radius 1 is 1.64 bits per heavy atom. The van der Waals surface area contributed by atoms with Gasteiger partial charge in [-0.3, -0.25) is 0 Å². The van der Waals surface area contributed by atoms with E-state index in [1.54, 1.807) is 0 Å². The second-order valence-corrected chi connectivity index (χ2v) is 2.98. The Labute approximate surface area is 78.5 Å². The number of rotatable bonds is 2. The molecule has 11 heavy (non-hydrogen) atoms. The Morgan fingerprint density at radius 2 is 2.36 bits per heavy atom. The van der Waals surface area contributed by atoms with Crippen molar-refractivity contribution in [2.45, 2.75) is 6.42 Å². The fourth-order valence-electron chi connectivity index (χ4n) is 1.26. The second-order valence-electron chi connectivity index (χ2n) is 2.60. The Kier molecular flexibility index (Phi) is 5.67. The monoisotopic (exact) mass is 194 g/mol. The van der Waals surface area contributed by atoms with Gasteiger partial charge in [-0.25, -0.2) is 0 Å². The molecule has 0 aromatic carbocycles. The van der Waals surface area contributed by atoms with Crippen LogP contribution in [0.15, 0.2) is 0 Å². The highest BCUT2D eigenvalue weighted by molar-refractivity contribution is 6.18. The van der Waals surface area contributed by atoms with Gasteiger partial charge in [0.2, 0.25) is 0 Å². The second kappa shape index (κ2) is 5.65. The van der Waals surface area contributed by atoms with Crippen molar-refractivity contribution in [2.24, 2.45) is 5.92 Å². The minimum atomic E-state index is 0. The number of hydrogen-bond donors (Lipinski definition) is 0. The van der Waals surface area contributed by atoms with Gasteiger partial charge in [-0.2, -0.15) is 5.26 Å². The predicted molar refractivity (Wildman–Crippen MR) is 48.1 cm³/mol. The highest BCUT2D eigenvalue weighted by atomic mass is 35.5. The van der Waals surface area contributed by atoms with E-state index in [4.69, 9.17) is 16.9 Å². The molecular formula is C7H12Cl2N2. The molecule has 0 amide bonds. The highest BCUT2D eigenvalue weighted by Gasteiger charge is 2.20. The summed E-state index contributed by atoms with van der Waals surface area (Å²) in [6.45, 7) is 2.90. The molecule has 0 saturated carbocycles. The Morgan fingerprint density at radius 3 is 2.82 bits per heavy atom. The van der Waals surface area contributed by atoms with E-state index in [-0.39, 0.29) is 18.3 Å². The molecule has 0 bridgehead atoms. The predicted octanol–water partition coefficient (Wildman–Crippen LogP) is 1.49. The molecule has 0 N–H and O–H groups in total. The molecular weight excluding hydrogens is 183 g/mol. The van der Waals surface area contributed by atoms with E-state index in [1.165, 1.54) is 0 Å². The number of hydrogen-bond acceptors (Lipinski definition) is 2. The lowest BCUT2D eigenvalue weighted by Crippen LogP contribution is -2.22. The summed E-state index contributed by atoms with van der Waals surface area (Å²) in [5.74, 6) is 0.932. The first-order valence-corrected chi connectivity index (χ1v) is 4.08. The molecule has 1 atom stereocenters. The number of alkyl halides is 1. The van der Waals surface area contributed by atoms with Crippen LogP contribution in [0.5, 0.6) is 0 Å². The largest absolute Gasteiger partial charge is 0.301 e. The smallest absolute Gasteiger partial charge is 0.0669 e. The fraction of sp³-hybridized carbons (Fsp3) is 0.857. The maximum absolute atomic E-state index is 8.54. The number of likely N-dealkylation sites (tertiary alicyclic amines) is 1. The lowest BCUT2D eigenvalue weighted by atomic mass is 10.1. The SMILES string of the molecule is Cl.N#CC1CCN(CCCl)C1. The molecule has 0 radical (unpaired) electrons. The minimum absolute atomic E-state index is 0. The van der Waals surface area contributed by atoms with Gasteiger partial charge in [-0.15, -0.1) is 24.0 Å². The third-order valence-electron chi connectivity index (χ3n) is 1.86. The van der Waals surface area contributed by atoms with Gasteiger partial charge in [-0.1, -0.05) is 0 Å². The summed E-state index contributed by atoms with van der Waals surface area (Å²) in [4.78, 5) is 2.24. The summed E-state index contributed by atoms with van der Waals surface area (Å²) in [5, 5.41) is 8.54. The third-order valence-corrected chi connectivity index (χ3v) is 2.02. The zero-order valence-electron chi connectivity index (χ0n) is 6.29. The van der Waals surface area contributed by atoms with E-state index in [0.717, 1.165) is 26.1 Å². The molecule has 4 heteroatoms. The van der Waals surface area contributed by atoms with Crippen LogP contribution in [0.3, 0.4) is 0 Å². The third kappa shape index (κ3) is 3.29. The van der Waals surface area contributed by atoms with E-state index in [1.807, 2.05) is 0 Å². The number of nitrogens with zero attached hydrogens (tertiary/aromatic N) is 2. The van der Waals surface area contributed by atoms with Gasteiger partial charge >= 0.3 is 0 Å². The molecule has 1 aliphatic heterocycles. The molecule has 1 unspecified atom stereocenters. The Bertz CT molecular complexity index is 144. The molecule has 1 heterocycles. The lowest BCUT2D eigenvalue weighted by molar-refractivity contribution is 0.354. The van der Waals surface area contributed by atoms with Crippen LogP contribution in [-0.2, 0) is 0 Å². The first-order valence-electron chi connectivity index (χ1n) is 3.54. The summed E-state index contributed by atoms with van der Waals surface area (Å²) < 4.78 is 0. The van der Waals surface area contributed by atoms with E-state index in [0.29, 0.717) is 5.88 Å². The molecule has 1 fully saturated rings. The number of nitriles is 1. The normalized spacial score (nSPS) is 24.2. The van der Waals surface area contributed by atoms with Crippen LogP contribution < -0.4 is 0 Å². The van der Waals surface area contributed by atoms with Crippen LogP contribution in [-0.4, -0.2) is 30.4 Å². The van der Waals surface area contributed by atoms with Gasteiger partial charge in [0.15, 0.2) is 0 Å². The van der Waals surface area contributed by atoms with Crippen molar-refractivity contribution in [1.29, 1.82) is 5.26 Å². The van der Waals surface area contributed by atoms with Crippen molar-refractivity contribution in [3.63, 3.8) is 0 Å². The first kappa shape index (κ1) is 11.0. The average Bonchev–Trinajstić information content (AvgIpc) is 2.37. The highest BCUT2D eigenvalue weighted by Crippen LogP contribution is 2.14. The van der Waals surface area contributed by atoms with Gasteiger partial charge in [0.1, 0.15) is 0 Å². The molecule has 64 valence electrons. The zero-order valence-corrected chi connectivity index (χ0v) is 7.87. The van der Waals surface area contributed by atoms with Crippen LogP contribution in [0.2, 0.25) is 0 Å². The van der Waals surface area contributed by atoms with Crippen molar-refractivity contribution in [3.8, 4) is 6.07 Å². The fourth-order valence-corrected chi connectivity index (χ4v) is 1.50. The first-order chi connectivity index (χ1) is 4.86. The van der Waals surface area contributed by atoms with Gasteiger partial charge in [0.05, 0.1) is 12.0 Å². The maximum Gasteiger partial charge on any atom is 0.0669 e. The molecule has 1 saturated heterocycles. The van der Waals surface area contributed by atoms with Gasteiger partial charge < -0.3 is 4.90 Å². The molecule has 1 aliphatic rings. The summed E-state index contributed by atoms with van der Waals surface area (Å²) in [7, 11) is 0. The Balaban J connectivity index is 0.000001000. The van der Waals surface area contributed by atoms with Crippen molar-refractivity contribution in [1.82, 2.24) is 4.90 Å². The van der Waals surface area contributed by atoms with Crippen molar-refractivity contribution < 1.29 is 0 Å². The summed E-state index contributed by atoms with van der Waals surface area (Å²) in [5.41, 5.74) is 0. The van der Waals surface area contributed by atoms with Gasteiger partial charge in [0, 0.05) is 19.0 Å². The van der Waals surface area contributed by atoms with Gasteiger partial charge in [0.25, 0.3) is 0 Å². The van der Waals surface area contributed by atoms with Crippen LogP contribution in [0.1, 0.15) is 6.42 Å². The van der Waals surface area contributed by atoms with Crippen LogP contribution >= 0.6 is 24.0 Å². The molecule has 0 spiro atoms. The zero-order chi connectivity index (χ0) is 7.40. The molecule has 1 rings (SSSR count). The average molecular weight is 195 g/mol.